The lowest BCUT2D eigenvalue weighted by atomic mass is 9.93. The van der Waals surface area contributed by atoms with Crippen LogP contribution in [0.25, 0.3) is 0 Å². The van der Waals surface area contributed by atoms with Crippen molar-refractivity contribution in [2.24, 2.45) is 5.73 Å². The number of nitrogens with two attached hydrogens (primary N) is 1. The number of aryl methyl sites for hydroxylation is 1. The Kier molecular flexibility index (Phi) is 4.77. The molecule has 0 bridgehead atoms. The van der Waals surface area contributed by atoms with Crippen molar-refractivity contribution in [1.82, 2.24) is 4.98 Å². The third-order valence-corrected chi connectivity index (χ3v) is 3.87. The van der Waals surface area contributed by atoms with Crippen LogP contribution >= 0.6 is 0 Å². The molecule has 2 atom stereocenters. The zero-order valence-corrected chi connectivity index (χ0v) is 12.1. The van der Waals surface area contributed by atoms with Crippen LogP contribution in [0.1, 0.15) is 42.5 Å². The van der Waals surface area contributed by atoms with Gasteiger partial charge in [0.25, 0.3) is 0 Å². The van der Waals surface area contributed by atoms with Gasteiger partial charge in [0.2, 0.25) is 0 Å². The first-order chi connectivity index (χ1) is 9.11. The maximum Gasteiger partial charge on any atom is 0.128 e. The number of methoxy groups -OCH3 is 1. The molecule has 1 aliphatic rings. The summed E-state index contributed by atoms with van der Waals surface area (Å²) in [5.74, 6) is 0.911. The third-order valence-electron chi connectivity index (χ3n) is 3.87. The number of ether oxygens (including phenoxy) is 2. The summed E-state index contributed by atoms with van der Waals surface area (Å²) in [6, 6.07) is 0.292. The largest absolute Gasteiger partial charge is 0.496 e. The van der Waals surface area contributed by atoms with Crippen molar-refractivity contribution in [3.63, 3.8) is 0 Å². The molecule has 1 aliphatic carbocycles. The molecule has 0 saturated heterocycles. The highest BCUT2D eigenvalue weighted by molar-refractivity contribution is 5.40. The molecule has 1 heterocycles. The van der Waals surface area contributed by atoms with Crippen LogP contribution in [-0.4, -0.2) is 24.2 Å². The van der Waals surface area contributed by atoms with E-state index in [2.05, 4.69) is 4.98 Å². The van der Waals surface area contributed by atoms with Gasteiger partial charge < -0.3 is 15.2 Å². The third kappa shape index (κ3) is 3.45. The second-order valence-corrected chi connectivity index (χ2v) is 5.41. The van der Waals surface area contributed by atoms with Crippen molar-refractivity contribution < 1.29 is 9.47 Å². The Morgan fingerprint density at radius 1 is 1.37 bits per heavy atom. The Morgan fingerprint density at radius 2 is 2.16 bits per heavy atom. The molecule has 0 aromatic carbocycles. The lowest BCUT2D eigenvalue weighted by Crippen LogP contribution is -2.32. The van der Waals surface area contributed by atoms with Crippen LogP contribution in [0.3, 0.4) is 0 Å². The highest BCUT2D eigenvalue weighted by Gasteiger charge is 2.20. The maximum atomic E-state index is 5.97. The maximum absolute atomic E-state index is 5.97. The van der Waals surface area contributed by atoms with E-state index >= 15 is 0 Å². The van der Waals surface area contributed by atoms with Crippen molar-refractivity contribution in [2.45, 2.75) is 58.3 Å². The zero-order chi connectivity index (χ0) is 13.8. The van der Waals surface area contributed by atoms with E-state index in [9.17, 15) is 0 Å². The van der Waals surface area contributed by atoms with Crippen LogP contribution in [0, 0.1) is 13.8 Å². The van der Waals surface area contributed by atoms with Gasteiger partial charge in [0.05, 0.1) is 25.5 Å². The summed E-state index contributed by atoms with van der Waals surface area (Å²) in [4.78, 5) is 4.45. The monoisotopic (exact) mass is 264 g/mol. The molecule has 0 radical (unpaired) electrons. The summed E-state index contributed by atoms with van der Waals surface area (Å²) < 4.78 is 11.4. The van der Waals surface area contributed by atoms with E-state index in [4.69, 9.17) is 15.2 Å². The lowest BCUT2D eigenvalue weighted by Gasteiger charge is -2.26. The van der Waals surface area contributed by atoms with Crippen molar-refractivity contribution in [3.8, 4) is 5.75 Å². The summed E-state index contributed by atoms with van der Waals surface area (Å²) >= 11 is 0. The fourth-order valence-corrected chi connectivity index (χ4v) is 2.75. The summed E-state index contributed by atoms with van der Waals surface area (Å²) in [6.07, 6.45) is 6.47. The summed E-state index contributed by atoms with van der Waals surface area (Å²) in [7, 11) is 1.69. The van der Waals surface area contributed by atoms with Crippen molar-refractivity contribution >= 4 is 0 Å². The minimum atomic E-state index is 0.275. The number of aromatic nitrogens is 1. The molecule has 1 saturated carbocycles. The first-order valence-corrected chi connectivity index (χ1v) is 6.98. The van der Waals surface area contributed by atoms with Crippen LogP contribution < -0.4 is 10.5 Å². The average Bonchev–Trinajstić information content (AvgIpc) is 2.38. The number of rotatable bonds is 4. The summed E-state index contributed by atoms with van der Waals surface area (Å²) in [5.41, 5.74) is 9.06. The molecule has 0 spiro atoms. The van der Waals surface area contributed by atoms with Crippen LogP contribution in [-0.2, 0) is 11.3 Å². The minimum Gasteiger partial charge on any atom is -0.496 e. The van der Waals surface area contributed by atoms with Crippen molar-refractivity contribution in [2.75, 3.05) is 7.11 Å². The topological polar surface area (TPSA) is 57.4 Å². The smallest absolute Gasteiger partial charge is 0.128 e. The minimum absolute atomic E-state index is 0.275. The second-order valence-electron chi connectivity index (χ2n) is 5.41. The van der Waals surface area contributed by atoms with E-state index in [1.54, 1.807) is 7.11 Å². The SMILES string of the molecule is COc1c(C)cnc(COC2CCCC(N)C2)c1C. The van der Waals surface area contributed by atoms with Gasteiger partial charge in [0.1, 0.15) is 5.75 Å². The molecule has 2 N–H and O–H groups in total. The van der Waals surface area contributed by atoms with Crippen LogP contribution in [0.15, 0.2) is 6.20 Å². The van der Waals surface area contributed by atoms with Gasteiger partial charge in [-0.15, -0.1) is 0 Å². The number of hydrogen-bond acceptors (Lipinski definition) is 4. The highest BCUT2D eigenvalue weighted by Crippen LogP contribution is 2.26. The average molecular weight is 264 g/mol. The van der Waals surface area contributed by atoms with Crippen LogP contribution in [0.2, 0.25) is 0 Å². The molecule has 0 aliphatic heterocycles. The van der Waals surface area contributed by atoms with E-state index in [-0.39, 0.29) is 6.10 Å². The van der Waals surface area contributed by atoms with Crippen LogP contribution in [0.4, 0.5) is 0 Å². The Hall–Kier alpha value is -1.13. The number of pyridine rings is 1. The Balaban J connectivity index is 1.99. The standard InChI is InChI=1S/C15H24N2O2/c1-10-8-17-14(11(2)15(10)18-3)9-19-13-6-4-5-12(16)7-13/h8,12-13H,4-7,9,16H2,1-3H3. The Morgan fingerprint density at radius 3 is 2.84 bits per heavy atom. The van der Waals surface area contributed by atoms with Gasteiger partial charge >= 0.3 is 0 Å². The molecular weight excluding hydrogens is 240 g/mol. The summed E-state index contributed by atoms with van der Waals surface area (Å²) in [5, 5.41) is 0. The van der Waals surface area contributed by atoms with E-state index < -0.39 is 0 Å². The Bertz CT molecular complexity index is 434. The molecule has 0 amide bonds. The molecular formula is C15H24N2O2. The fourth-order valence-electron chi connectivity index (χ4n) is 2.75. The van der Waals surface area contributed by atoms with E-state index in [1.165, 1.54) is 0 Å². The molecule has 2 rings (SSSR count). The first-order valence-electron chi connectivity index (χ1n) is 6.98. The number of hydrogen-bond donors (Lipinski definition) is 1. The van der Waals surface area contributed by atoms with Gasteiger partial charge in [-0.1, -0.05) is 0 Å². The van der Waals surface area contributed by atoms with E-state index in [1.807, 2.05) is 20.0 Å². The number of nitrogens with zero attached hydrogens (tertiary/aromatic N) is 1. The molecule has 19 heavy (non-hydrogen) atoms. The predicted molar refractivity (Wildman–Crippen MR) is 75.3 cm³/mol. The molecule has 106 valence electrons. The Labute approximate surface area is 115 Å². The quantitative estimate of drug-likeness (QED) is 0.907. The first kappa shape index (κ1) is 14.3. The highest BCUT2D eigenvalue weighted by atomic mass is 16.5. The van der Waals surface area contributed by atoms with Crippen LogP contribution in [0.5, 0.6) is 5.75 Å². The van der Waals surface area contributed by atoms with Gasteiger partial charge in [0, 0.05) is 23.4 Å². The molecule has 1 fully saturated rings. The molecule has 2 unspecified atom stereocenters. The van der Waals surface area contributed by atoms with Crippen molar-refractivity contribution in [3.05, 3.63) is 23.0 Å². The fraction of sp³-hybridized carbons (Fsp3) is 0.667. The van der Waals surface area contributed by atoms with Gasteiger partial charge in [-0.25, -0.2) is 0 Å². The summed E-state index contributed by atoms with van der Waals surface area (Å²) in [6.45, 7) is 4.58. The predicted octanol–water partition coefficient (Wildman–Crippen LogP) is 2.49. The molecule has 1 aromatic heterocycles. The lowest BCUT2D eigenvalue weighted by molar-refractivity contribution is 0.0104. The van der Waals surface area contributed by atoms with Gasteiger partial charge in [-0.3, -0.25) is 4.98 Å². The van der Waals surface area contributed by atoms with Crippen molar-refractivity contribution in [1.29, 1.82) is 0 Å². The van der Waals surface area contributed by atoms with Gasteiger partial charge in [-0.05, 0) is 39.5 Å². The van der Waals surface area contributed by atoms with E-state index in [0.29, 0.717) is 12.6 Å². The normalized spacial score (nSPS) is 23.4. The molecule has 4 heteroatoms. The van der Waals surface area contributed by atoms with Gasteiger partial charge in [0.15, 0.2) is 0 Å². The van der Waals surface area contributed by atoms with Gasteiger partial charge in [-0.2, -0.15) is 0 Å². The second kappa shape index (κ2) is 6.35. The molecule has 4 nitrogen and oxygen atoms in total. The van der Waals surface area contributed by atoms with E-state index in [0.717, 1.165) is 48.3 Å². The molecule has 1 aromatic rings. The zero-order valence-electron chi connectivity index (χ0n) is 12.1.